The second kappa shape index (κ2) is 5.59. The second-order valence-corrected chi connectivity index (χ2v) is 2.46. The fourth-order valence-corrected chi connectivity index (χ4v) is 0.935. The summed E-state index contributed by atoms with van der Waals surface area (Å²) in [5.74, 6) is 0.130. The van der Waals surface area contributed by atoms with E-state index in [-0.39, 0.29) is 12.3 Å². The molecule has 0 spiro atoms. The molecule has 10 heavy (non-hydrogen) atoms. The summed E-state index contributed by atoms with van der Waals surface area (Å²) in [5.41, 5.74) is 0. The third kappa shape index (κ3) is 4.68. The van der Waals surface area contributed by atoms with E-state index < -0.39 is 6.43 Å². The predicted molar refractivity (Wildman–Crippen MR) is 38.3 cm³/mol. The van der Waals surface area contributed by atoms with Crippen LogP contribution >= 0.6 is 0 Å². The van der Waals surface area contributed by atoms with Gasteiger partial charge in [0.25, 0.3) is 0 Å². The number of hydrogen-bond donors (Lipinski definition) is 1. The van der Waals surface area contributed by atoms with Gasteiger partial charge in [-0.15, -0.1) is 0 Å². The molecule has 0 saturated heterocycles. The molecule has 0 aromatic rings. The lowest BCUT2D eigenvalue weighted by Crippen LogP contribution is -2.20. The number of rotatable bonds is 5. The summed E-state index contributed by atoms with van der Waals surface area (Å²) >= 11 is 0. The van der Waals surface area contributed by atoms with Crippen molar-refractivity contribution in [2.75, 3.05) is 13.6 Å². The van der Waals surface area contributed by atoms with Crippen molar-refractivity contribution < 1.29 is 8.78 Å². The van der Waals surface area contributed by atoms with Gasteiger partial charge in [-0.1, -0.05) is 13.3 Å². The van der Waals surface area contributed by atoms with Crippen LogP contribution in [0.2, 0.25) is 0 Å². The molecule has 0 bridgehead atoms. The molecule has 1 atom stereocenters. The predicted octanol–water partition coefficient (Wildman–Crippen LogP) is 1.89. The zero-order chi connectivity index (χ0) is 7.98. The van der Waals surface area contributed by atoms with Crippen LogP contribution in [0.4, 0.5) is 8.78 Å². The standard InChI is InChI=1S/C7H15F2N/c1-3-6(5-10-2)4-7(8)9/h6-7,10H,3-5H2,1-2H3. The van der Waals surface area contributed by atoms with Gasteiger partial charge in [0.05, 0.1) is 0 Å². The Balaban J connectivity index is 3.39. The lowest BCUT2D eigenvalue weighted by Gasteiger charge is -2.12. The summed E-state index contributed by atoms with van der Waals surface area (Å²) in [6.45, 7) is 2.63. The third-order valence-electron chi connectivity index (χ3n) is 1.58. The van der Waals surface area contributed by atoms with E-state index >= 15 is 0 Å². The molecule has 0 aliphatic carbocycles. The third-order valence-corrected chi connectivity index (χ3v) is 1.58. The summed E-state index contributed by atoms with van der Waals surface area (Å²) < 4.78 is 23.5. The Bertz CT molecular complexity index is 76.0. The number of alkyl halides is 2. The van der Waals surface area contributed by atoms with Crippen LogP contribution in [0.5, 0.6) is 0 Å². The normalized spacial score (nSPS) is 14.1. The summed E-state index contributed by atoms with van der Waals surface area (Å²) in [5, 5.41) is 2.89. The van der Waals surface area contributed by atoms with Crippen LogP contribution in [0.3, 0.4) is 0 Å². The molecule has 3 heteroatoms. The first-order valence-electron chi connectivity index (χ1n) is 3.63. The highest BCUT2D eigenvalue weighted by Gasteiger charge is 2.11. The van der Waals surface area contributed by atoms with Crippen molar-refractivity contribution >= 4 is 0 Å². The quantitative estimate of drug-likeness (QED) is 0.632. The lowest BCUT2D eigenvalue weighted by atomic mass is 10.0. The van der Waals surface area contributed by atoms with Crippen LogP contribution in [0.25, 0.3) is 0 Å². The molecule has 0 heterocycles. The molecule has 1 unspecified atom stereocenters. The maximum Gasteiger partial charge on any atom is 0.238 e. The van der Waals surface area contributed by atoms with Crippen molar-refractivity contribution in [2.45, 2.75) is 26.2 Å². The van der Waals surface area contributed by atoms with E-state index in [4.69, 9.17) is 0 Å². The van der Waals surface area contributed by atoms with Crippen LogP contribution in [0.1, 0.15) is 19.8 Å². The van der Waals surface area contributed by atoms with E-state index in [9.17, 15) is 8.78 Å². The van der Waals surface area contributed by atoms with Gasteiger partial charge in [0.2, 0.25) is 6.43 Å². The maximum atomic E-state index is 11.8. The highest BCUT2D eigenvalue weighted by atomic mass is 19.3. The van der Waals surface area contributed by atoms with E-state index in [1.54, 1.807) is 7.05 Å². The van der Waals surface area contributed by atoms with Gasteiger partial charge in [-0.25, -0.2) is 8.78 Å². The molecule has 62 valence electrons. The Morgan fingerprint density at radius 1 is 1.40 bits per heavy atom. The molecule has 0 rings (SSSR count). The second-order valence-electron chi connectivity index (χ2n) is 2.46. The first-order valence-corrected chi connectivity index (χ1v) is 3.63. The zero-order valence-corrected chi connectivity index (χ0v) is 6.53. The van der Waals surface area contributed by atoms with E-state index in [2.05, 4.69) is 5.32 Å². The monoisotopic (exact) mass is 151 g/mol. The summed E-state index contributed by atoms with van der Waals surface area (Å²) in [6.07, 6.45) is -1.30. The van der Waals surface area contributed by atoms with E-state index in [0.29, 0.717) is 6.54 Å². The van der Waals surface area contributed by atoms with Gasteiger partial charge in [0.1, 0.15) is 0 Å². The minimum absolute atomic E-state index is 0.0251. The summed E-state index contributed by atoms with van der Waals surface area (Å²) in [4.78, 5) is 0. The molecule has 1 nitrogen and oxygen atoms in total. The highest BCUT2D eigenvalue weighted by Crippen LogP contribution is 2.12. The molecule has 0 amide bonds. The zero-order valence-electron chi connectivity index (χ0n) is 6.53. The van der Waals surface area contributed by atoms with Crippen molar-refractivity contribution in [3.63, 3.8) is 0 Å². The van der Waals surface area contributed by atoms with Crippen LogP contribution in [-0.4, -0.2) is 20.0 Å². The van der Waals surface area contributed by atoms with E-state index in [1.807, 2.05) is 6.92 Å². The molecular formula is C7H15F2N. The first-order chi connectivity index (χ1) is 4.70. The molecule has 0 saturated carbocycles. The average molecular weight is 151 g/mol. The SMILES string of the molecule is CCC(CNC)CC(F)F. The smallest absolute Gasteiger partial charge is 0.238 e. The molecule has 1 N–H and O–H groups in total. The Labute approximate surface area is 60.8 Å². The average Bonchev–Trinajstić information content (AvgIpc) is 1.86. The van der Waals surface area contributed by atoms with Crippen molar-refractivity contribution in [2.24, 2.45) is 5.92 Å². The molecule has 0 radical (unpaired) electrons. The Morgan fingerprint density at radius 3 is 2.30 bits per heavy atom. The molecule has 0 aliphatic heterocycles. The van der Waals surface area contributed by atoms with Gasteiger partial charge in [0.15, 0.2) is 0 Å². The van der Waals surface area contributed by atoms with Gasteiger partial charge >= 0.3 is 0 Å². The molecular weight excluding hydrogens is 136 g/mol. The molecule has 0 aliphatic rings. The van der Waals surface area contributed by atoms with Crippen molar-refractivity contribution in [3.05, 3.63) is 0 Å². The minimum Gasteiger partial charge on any atom is -0.319 e. The van der Waals surface area contributed by atoms with Crippen LogP contribution in [-0.2, 0) is 0 Å². The van der Waals surface area contributed by atoms with Crippen molar-refractivity contribution in [3.8, 4) is 0 Å². The van der Waals surface area contributed by atoms with Gasteiger partial charge < -0.3 is 5.32 Å². The highest BCUT2D eigenvalue weighted by molar-refractivity contribution is 4.59. The fourth-order valence-electron chi connectivity index (χ4n) is 0.935. The number of nitrogens with one attached hydrogen (secondary N) is 1. The Hall–Kier alpha value is -0.180. The largest absolute Gasteiger partial charge is 0.319 e. The summed E-state index contributed by atoms with van der Waals surface area (Å²) in [6, 6.07) is 0. The van der Waals surface area contributed by atoms with Gasteiger partial charge in [-0.3, -0.25) is 0 Å². The van der Waals surface area contributed by atoms with Gasteiger partial charge in [-0.2, -0.15) is 0 Å². The van der Waals surface area contributed by atoms with Gasteiger partial charge in [0, 0.05) is 6.42 Å². The van der Waals surface area contributed by atoms with E-state index in [0.717, 1.165) is 6.42 Å². The lowest BCUT2D eigenvalue weighted by molar-refractivity contribution is 0.113. The van der Waals surface area contributed by atoms with Crippen LogP contribution < -0.4 is 5.32 Å². The molecule has 0 fully saturated rings. The van der Waals surface area contributed by atoms with Crippen LogP contribution in [0.15, 0.2) is 0 Å². The van der Waals surface area contributed by atoms with Crippen molar-refractivity contribution in [1.29, 1.82) is 0 Å². The first kappa shape index (κ1) is 9.82. The van der Waals surface area contributed by atoms with Crippen LogP contribution in [0, 0.1) is 5.92 Å². The Kier molecular flexibility index (Phi) is 5.49. The van der Waals surface area contributed by atoms with E-state index in [1.165, 1.54) is 0 Å². The minimum atomic E-state index is -2.15. The summed E-state index contributed by atoms with van der Waals surface area (Å²) in [7, 11) is 1.79. The number of halogens is 2. The van der Waals surface area contributed by atoms with Crippen molar-refractivity contribution in [1.82, 2.24) is 5.32 Å². The maximum absolute atomic E-state index is 11.8. The molecule has 0 aromatic heterocycles. The number of hydrogen-bond acceptors (Lipinski definition) is 1. The Morgan fingerprint density at radius 2 is 2.00 bits per heavy atom. The molecule has 0 aromatic carbocycles. The fraction of sp³-hybridized carbons (Fsp3) is 1.00. The topological polar surface area (TPSA) is 12.0 Å². The van der Waals surface area contributed by atoms with Gasteiger partial charge in [-0.05, 0) is 19.5 Å².